The standard InChI is InChI=1S/C13H15NO4/c15-8-10(11(16)17)14-12(18)13(6-7-13)9-4-2-1-3-5-9/h1-5,10,15H,6-8H2,(H,14,18)(H,16,17)/t10-/m0/s1. The summed E-state index contributed by atoms with van der Waals surface area (Å²) in [5.41, 5.74) is 0.286. The van der Waals surface area contributed by atoms with Gasteiger partial charge < -0.3 is 15.5 Å². The summed E-state index contributed by atoms with van der Waals surface area (Å²) in [5.74, 6) is -1.55. The Hall–Kier alpha value is -1.88. The van der Waals surface area contributed by atoms with Crippen LogP contribution in [0.2, 0.25) is 0 Å². The summed E-state index contributed by atoms with van der Waals surface area (Å²) < 4.78 is 0. The van der Waals surface area contributed by atoms with Crippen LogP contribution >= 0.6 is 0 Å². The van der Waals surface area contributed by atoms with Gasteiger partial charge in [0.1, 0.15) is 6.04 Å². The molecule has 5 nitrogen and oxygen atoms in total. The van der Waals surface area contributed by atoms with Gasteiger partial charge in [0.15, 0.2) is 0 Å². The number of aliphatic hydroxyl groups is 1. The number of carbonyl (C=O) groups is 2. The monoisotopic (exact) mass is 249 g/mol. The molecule has 0 unspecified atom stereocenters. The fourth-order valence-electron chi connectivity index (χ4n) is 2.01. The highest BCUT2D eigenvalue weighted by Gasteiger charge is 2.51. The van der Waals surface area contributed by atoms with Crippen LogP contribution in [0, 0.1) is 0 Å². The van der Waals surface area contributed by atoms with Crippen molar-refractivity contribution in [2.75, 3.05) is 6.61 Å². The van der Waals surface area contributed by atoms with Gasteiger partial charge in [0.25, 0.3) is 0 Å². The summed E-state index contributed by atoms with van der Waals surface area (Å²) in [4.78, 5) is 22.9. The molecule has 1 amide bonds. The molecule has 0 bridgehead atoms. The zero-order valence-corrected chi connectivity index (χ0v) is 9.80. The van der Waals surface area contributed by atoms with Crippen LogP contribution in [-0.4, -0.2) is 34.7 Å². The van der Waals surface area contributed by atoms with Gasteiger partial charge in [-0.3, -0.25) is 4.79 Å². The van der Waals surface area contributed by atoms with Crippen molar-refractivity contribution in [1.29, 1.82) is 0 Å². The Morgan fingerprint density at radius 1 is 1.28 bits per heavy atom. The first-order valence-corrected chi connectivity index (χ1v) is 5.80. The topological polar surface area (TPSA) is 86.6 Å². The summed E-state index contributed by atoms with van der Waals surface area (Å²) in [6.07, 6.45) is 1.42. The summed E-state index contributed by atoms with van der Waals surface area (Å²) >= 11 is 0. The Kier molecular flexibility index (Phi) is 3.34. The first-order valence-electron chi connectivity index (χ1n) is 5.80. The molecule has 1 aliphatic carbocycles. The number of carbonyl (C=O) groups excluding carboxylic acids is 1. The van der Waals surface area contributed by atoms with Crippen LogP contribution in [0.15, 0.2) is 30.3 Å². The van der Waals surface area contributed by atoms with Crippen LogP contribution in [0.5, 0.6) is 0 Å². The lowest BCUT2D eigenvalue weighted by atomic mass is 9.95. The van der Waals surface area contributed by atoms with Crippen LogP contribution < -0.4 is 5.32 Å². The van der Waals surface area contributed by atoms with Crippen LogP contribution in [0.4, 0.5) is 0 Å². The third kappa shape index (κ3) is 2.22. The molecule has 2 rings (SSSR count). The molecule has 3 N–H and O–H groups in total. The van der Waals surface area contributed by atoms with Crippen molar-refractivity contribution in [2.24, 2.45) is 0 Å². The van der Waals surface area contributed by atoms with E-state index in [1.54, 1.807) is 0 Å². The van der Waals surface area contributed by atoms with E-state index < -0.39 is 24.0 Å². The van der Waals surface area contributed by atoms with Gasteiger partial charge in [0.05, 0.1) is 12.0 Å². The van der Waals surface area contributed by atoms with E-state index in [0.717, 1.165) is 5.56 Å². The lowest BCUT2D eigenvalue weighted by molar-refractivity contribution is -0.143. The van der Waals surface area contributed by atoms with Crippen molar-refractivity contribution in [3.05, 3.63) is 35.9 Å². The zero-order chi connectivity index (χ0) is 13.2. The molecule has 1 aromatic carbocycles. The van der Waals surface area contributed by atoms with Gasteiger partial charge in [-0.05, 0) is 18.4 Å². The highest BCUT2D eigenvalue weighted by Crippen LogP contribution is 2.48. The Morgan fingerprint density at radius 3 is 2.33 bits per heavy atom. The molecule has 1 aromatic rings. The lowest BCUT2D eigenvalue weighted by Crippen LogP contribution is -2.47. The van der Waals surface area contributed by atoms with Crippen molar-refractivity contribution in [2.45, 2.75) is 24.3 Å². The highest BCUT2D eigenvalue weighted by atomic mass is 16.4. The molecule has 96 valence electrons. The molecule has 0 saturated heterocycles. The molecular weight excluding hydrogens is 234 g/mol. The van der Waals surface area contributed by atoms with Crippen molar-refractivity contribution < 1.29 is 19.8 Å². The second kappa shape index (κ2) is 4.78. The van der Waals surface area contributed by atoms with E-state index in [1.165, 1.54) is 0 Å². The first kappa shape index (κ1) is 12.6. The van der Waals surface area contributed by atoms with E-state index in [-0.39, 0.29) is 5.91 Å². The van der Waals surface area contributed by atoms with Gasteiger partial charge in [-0.1, -0.05) is 30.3 Å². The Morgan fingerprint density at radius 2 is 1.89 bits per heavy atom. The molecule has 0 spiro atoms. The lowest BCUT2D eigenvalue weighted by Gasteiger charge is -2.18. The fourth-order valence-corrected chi connectivity index (χ4v) is 2.01. The van der Waals surface area contributed by atoms with Crippen molar-refractivity contribution in [3.63, 3.8) is 0 Å². The molecule has 18 heavy (non-hydrogen) atoms. The Bertz CT molecular complexity index is 453. The molecule has 5 heteroatoms. The second-order valence-electron chi connectivity index (χ2n) is 4.49. The summed E-state index contributed by atoms with van der Waals surface area (Å²) in [5, 5.41) is 20.1. The van der Waals surface area contributed by atoms with Gasteiger partial charge in [0.2, 0.25) is 5.91 Å². The van der Waals surface area contributed by atoms with E-state index in [9.17, 15) is 9.59 Å². The average molecular weight is 249 g/mol. The molecule has 0 radical (unpaired) electrons. The molecular formula is C13H15NO4. The number of nitrogens with one attached hydrogen (secondary N) is 1. The third-order valence-corrected chi connectivity index (χ3v) is 3.30. The number of rotatable bonds is 5. The minimum atomic E-state index is -1.24. The predicted molar refractivity (Wildman–Crippen MR) is 64.0 cm³/mol. The summed E-state index contributed by atoms with van der Waals surface area (Å²) in [7, 11) is 0. The van der Waals surface area contributed by atoms with E-state index in [2.05, 4.69) is 5.32 Å². The van der Waals surface area contributed by atoms with Gasteiger partial charge in [-0.15, -0.1) is 0 Å². The maximum absolute atomic E-state index is 12.1. The summed E-state index contributed by atoms with van der Waals surface area (Å²) in [6, 6.07) is 8.06. The molecule has 0 heterocycles. The van der Waals surface area contributed by atoms with Crippen molar-refractivity contribution >= 4 is 11.9 Å². The number of amides is 1. The second-order valence-corrected chi connectivity index (χ2v) is 4.49. The summed E-state index contributed by atoms with van der Waals surface area (Å²) in [6.45, 7) is -0.605. The van der Waals surface area contributed by atoms with E-state index in [0.29, 0.717) is 12.8 Å². The Balaban J connectivity index is 2.12. The maximum Gasteiger partial charge on any atom is 0.328 e. The van der Waals surface area contributed by atoms with Crippen LogP contribution in [0.25, 0.3) is 0 Å². The molecule has 1 aliphatic rings. The molecule has 0 aliphatic heterocycles. The maximum atomic E-state index is 12.1. The van der Waals surface area contributed by atoms with Crippen LogP contribution in [0.3, 0.4) is 0 Å². The number of aliphatic carboxylic acids is 1. The highest BCUT2D eigenvalue weighted by molar-refractivity contribution is 5.94. The number of hydrogen-bond donors (Lipinski definition) is 3. The van der Waals surface area contributed by atoms with Crippen LogP contribution in [-0.2, 0) is 15.0 Å². The number of carboxylic acids is 1. The van der Waals surface area contributed by atoms with Crippen molar-refractivity contribution in [1.82, 2.24) is 5.32 Å². The Labute approximate surface area is 104 Å². The molecule has 1 atom stereocenters. The predicted octanol–water partition coefficient (Wildman–Crippen LogP) is 0.280. The molecule has 0 aromatic heterocycles. The third-order valence-electron chi connectivity index (χ3n) is 3.30. The number of benzene rings is 1. The van der Waals surface area contributed by atoms with Gasteiger partial charge in [0, 0.05) is 0 Å². The average Bonchev–Trinajstić information content (AvgIpc) is 3.18. The number of hydrogen-bond acceptors (Lipinski definition) is 3. The largest absolute Gasteiger partial charge is 0.480 e. The number of aliphatic hydroxyl groups excluding tert-OH is 1. The van der Waals surface area contributed by atoms with E-state index in [1.807, 2.05) is 30.3 Å². The normalized spacial score (nSPS) is 17.8. The van der Waals surface area contributed by atoms with Crippen LogP contribution in [0.1, 0.15) is 18.4 Å². The van der Waals surface area contributed by atoms with Gasteiger partial charge >= 0.3 is 5.97 Å². The number of carboxylic acid groups (broad SMARTS) is 1. The van der Waals surface area contributed by atoms with E-state index >= 15 is 0 Å². The zero-order valence-electron chi connectivity index (χ0n) is 9.80. The van der Waals surface area contributed by atoms with E-state index in [4.69, 9.17) is 10.2 Å². The quantitative estimate of drug-likeness (QED) is 0.699. The molecule has 1 fully saturated rings. The first-order chi connectivity index (χ1) is 8.60. The molecule has 1 saturated carbocycles. The SMILES string of the molecule is O=C(O)[C@H](CO)NC(=O)C1(c2ccccc2)CC1. The fraction of sp³-hybridized carbons (Fsp3) is 0.385. The minimum absolute atomic E-state index is 0.324. The smallest absolute Gasteiger partial charge is 0.328 e. The van der Waals surface area contributed by atoms with Gasteiger partial charge in [-0.2, -0.15) is 0 Å². The van der Waals surface area contributed by atoms with Crippen molar-refractivity contribution in [3.8, 4) is 0 Å². The minimum Gasteiger partial charge on any atom is -0.480 e. The van der Waals surface area contributed by atoms with Gasteiger partial charge in [-0.25, -0.2) is 4.79 Å².